The molecule has 1 fully saturated rings. The third-order valence-electron chi connectivity index (χ3n) is 5.15. The van der Waals surface area contributed by atoms with E-state index in [1.54, 1.807) is 30.3 Å². The lowest BCUT2D eigenvalue weighted by atomic mass is 10.1. The van der Waals surface area contributed by atoms with Crippen LogP contribution >= 0.6 is 23.2 Å². The molecule has 2 amide bonds. The molecule has 0 aliphatic carbocycles. The first-order valence-electron chi connectivity index (χ1n) is 10.8. The van der Waals surface area contributed by atoms with Gasteiger partial charge in [-0.1, -0.05) is 36.5 Å². The molecule has 1 atom stereocenters. The highest BCUT2D eigenvalue weighted by Gasteiger charge is 2.36. The number of nitrogens with one attached hydrogen (secondary N) is 1. The van der Waals surface area contributed by atoms with Crippen molar-refractivity contribution in [1.82, 2.24) is 0 Å². The van der Waals surface area contributed by atoms with E-state index in [-0.39, 0.29) is 18.9 Å². The van der Waals surface area contributed by atoms with E-state index in [0.29, 0.717) is 33.6 Å². The molecule has 0 radical (unpaired) electrons. The van der Waals surface area contributed by atoms with Crippen molar-refractivity contribution in [1.29, 1.82) is 0 Å². The van der Waals surface area contributed by atoms with Crippen LogP contribution in [0.25, 0.3) is 0 Å². The summed E-state index contributed by atoms with van der Waals surface area (Å²) in [5.74, 6) is -2.63. The number of carbonyl (C=O) groups is 4. The second-order valence-corrected chi connectivity index (χ2v) is 8.57. The minimum atomic E-state index is -0.714. The molecule has 10 heteroatoms. The molecule has 1 aliphatic heterocycles. The molecule has 2 aromatic rings. The van der Waals surface area contributed by atoms with E-state index in [4.69, 9.17) is 32.7 Å². The first-order chi connectivity index (χ1) is 16.3. The number of rotatable bonds is 9. The minimum absolute atomic E-state index is 0.0403. The number of anilines is 2. The highest BCUT2D eigenvalue weighted by molar-refractivity contribution is 6.35. The Hall–Kier alpha value is -3.10. The Labute approximate surface area is 207 Å². The molecule has 8 nitrogen and oxygen atoms in total. The largest absolute Gasteiger partial charge is 0.462 e. The number of hydrogen-bond donors (Lipinski definition) is 1. The molecule has 180 valence electrons. The van der Waals surface area contributed by atoms with Gasteiger partial charge in [-0.2, -0.15) is 0 Å². The van der Waals surface area contributed by atoms with Crippen LogP contribution < -0.4 is 10.2 Å². The van der Waals surface area contributed by atoms with Gasteiger partial charge in [0.1, 0.15) is 0 Å². The zero-order chi connectivity index (χ0) is 24.7. The molecule has 2 aromatic carbocycles. The van der Waals surface area contributed by atoms with Gasteiger partial charge in [-0.05, 0) is 48.9 Å². The van der Waals surface area contributed by atoms with Crippen LogP contribution in [-0.2, 0) is 23.9 Å². The Morgan fingerprint density at radius 2 is 1.82 bits per heavy atom. The van der Waals surface area contributed by atoms with Crippen molar-refractivity contribution < 1.29 is 28.7 Å². The van der Waals surface area contributed by atoms with E-state index in [2.05, 4.69) is 5.32 Å². The Kier molecular flexibility index (Phi) is 8.90. The SMILES string of the molecule is CCCCOC(=O)c1ccc(N2C[C@@H](C(=O)OCC(=O)Nc3cc(Cl)ccc3Cl)CC2=O)cc1. The number of ether oxygens (including phenoxy) is 2. The van der Waals surface area contributed by atoms with Crippen molar-refractivity contribution in [2.24, 2.45) is 5.92 Å². The van der Waals surface area contributed by atoms with Gasteiger partial charge in [0, 0.05) is 23.7 Å². The highest BCUT2D eigenvalue weighted by Crippen LogP contribution is 2.27. The third kappa shape index (κ3) is 6.71. The average Bonchev–Trinajstić information content (AvgIpc) is 3.21. The monoisotopic (exact) mass is 506 g/mol. The number of halogens is 2. The number of unbranched alkanes of at least 4 members (excludes halogenated alkanes) is 1. The van der Waals surface area contributed by atoms with Crippen molar-refractivity contribution in [3.63, 3.8) is 0 Å². The molecule has 0 aromatic heterocycles. The van der Waals surface area contributed by atoms with Crippen LogP contribution in [0.4, 0.5) is 11.4 Å². The summed E-state index contributed by atoms with van der Waals surface area (Å²) in [7, 11) is 0. The highest BCUT2D eigenvalue weighted by atomic mass is 35.5. The van der Waals surface area contributed by atoms with Crippen LogP contribution in [0, 0.1) is 5.92 Å². The topological polar surface area (TPSA) is 102 Å². The molecule has 0 spiro atoms. The van der Waals surface area contributed by atoms with E-state index in [1.807, 2.05) is 6.92 Å². The van der Waals surface area contributed by atoms with Crippen LogP contribution in [0.5, 0.6) is 0 Å². The van der Waals surface area contributed by atoms with Gasteiger partial charge in [-0.3, -0.25) is 14.4 Å². The molecule has 1 aliphatic rings. The summed E-state index contributed by atoms with van der Waals surface area (Å²) >= 11 is 11.9. The molecular weight excluding hydrogens is 483 g/mol. The predicted octanol–water partition coefficient (Wildman–Crippen LogP) is 4.49. The summed E-state index contributed by atoms with van der Waals surface area (Å²) < 4.78 is 10.3. The molecular formula is C24H24Cl2N2O6. The number of nitrogens with zero attached hydrogens (tertiary/aromatic N) is 1. The normalized spacial score (nSPS) is 15.2. The van der Waals surface area contributed by atoms with E-state index in [0.717, 1.165) is 12.8 Å². The van der Waals surface area contributed by atoms with Crippen LogP contribution in [0.15, 0.2) is 42.5 Å². The quantitative estimate of drug-likeness (QED) is 0.397. The predicted molar refractivity (Wildman–Crippen MR) is 128 cm³/mol. The van der Waals surface area contributed by atoms with Crippen LogP contribution in [0.2, 0.25) is 10.0 Å². The zero-order valence-electron chi connectivity index (χ0n) is 18.5. The number of amides is 2. The second kappa shape index (κ2) is 11.9. The molecule has 0 unspecified atom stereocenters. The Morgan fingerprint density at radius 3 is 2.53 bits per heavy atom. The molecule has 0 saturated carbocycles. The fraction of sp³-hybridized carbons (Fsp3) is 0.333. The Balaban J connectivity index is 1.51. The standard InChI is InChI=1S/C24H24Cl2N2O6/c1-2-3-10-33-23(31)15-4-7-18(8-5-15)28-13-16(11-22(28)30)24(32)34-14-21(29)27-20-12-17(25)6-9-19(20)26/h4-9,12,16H,2-3,10-11,13-14H2,1H3,(H,27,29)/t16-/m0/s1. The first-order valence-corrected chi connectivity index (χ1v) is 11.5. The second-order valence-electron chi connectivity index (χ2n) is 7.72. The van der Waals surface area contributed by atoms with Crippen molar-refractivity contribution in [3.05, 3.63) is 58.1 Å². The maximum absolute atomic E-state index is 12.5. The fourth-order valence-corrected chi connectivity index (χ4v) is 3.66. The van der Waals surface area contributed by atoms with Gasteiger partial charge in [0.15, 0.2) is 6.61 Å². The lowest BCUT2D eigenvalue weighted by Gasteiger charge is -2.17. The van der Waals surface area contributed by atoms with Crippen molar-refractivity contribution >= 4 is 58.3 Å². The van der Waals surface area contributed by atoms with Crippen LogP contribution in [0.3, 0.4) is 0 Å². The van der Waals surface area contributed by atoms with Gasteiger partial charge in [0.05, 0.1) is 28.8 Å². The van der Waals surface area contributed by atoms with Gasteiger partial charge in [-0.25, -0.2) is 4.79 Å². The summed E-state index contributed by atoms with van der Waals surface area (Å²) in [6.07, 6.45) is 1.68. The van der Waals surface area contributed by atoms with E-state index in [1.165, 1.54) is 17.0 Å². The third-order valence-corrected chi connectivity index (χ3v) is 5.72. The minimum Gasteiger partial charge on any atom is -0.462 e. The zero-order valence-corrected chi connectivity index (χ0v) is 20.0. The fourth-order valence-electron chi connectivity index (χ4n) is 3.32. The molecule has 34 heavy (non-hydrogen) atoms. The Morgan fingerprint density at radius 1 is 1.09 bits per heavy atom. The van der Waals surface area contributed by atoms with Crippen molar-refractivity contribution in [2.75, 3.05) is 30.0 Å². The summed E-state index contributed by atoms with van der Waals surface area (Å²) in [5, 5.41) is 3.21. The molecule has 1 N–H and O–H groups in total. The molecule has 0 bridgehead atoms. The Bertz CT molecular complexity index is 1070. The molecule has 1 saturated heterocycles. The van der Waals surface area contributed by atoms with Crippen molar-refractivity contribution in [3.8, 4) is 0 Å². The lowest BCUT2D eigenvalue weighted by molar-refractivity contribution is -0.151. The number of carbonyl (C=O) groups excluding carboxylic acids is 4. The summed E-state index contributed by atoms with van der Waals surface area (Å²) in [6.45, 7) is 1.95. The van der Waals surface area contributed by atoms with Crippen LogP contribution in [-0.4, -0.2) is 43.5 Å². The van der Waals surface area contributed by atoms with E-state index in [9.17, 15) is 19.2 Å². The van der Waals surface area contributed by atoms with Gasteiger partial charge in [0.2, 0.25) is 5.91 Å². The summed E-state index contributed by atoms with van der Waals surface area (Å²) in [4.78, 5) is 50.5. The number of benzene rings is 2. The maximum Gasteiger partial charge on any atom is 0.338 e. The van der Waals surface area contributed by atoms with Gasteiger partial charge in [0.25, 0.3) is 5.91 Å². The lowest BCUT2D eigenvalue weighted by Crippen LogP contribution is -2.28. The molecule has 3 rings (SSSR count). The average molecular weight is 507 g/mol. The number of esters is 2. The molecule has 1 heterocycles. The van der Waals surface area contributed by atoms with Gasteiger partial charge < -0.3 is 19.7 Å². The smallest absolute Gasteiger partial charge is 0.338 e. The first kappa shape index (κ1) is 25.5. The van der Waals surface area contributed by atoms with E-state index < -0.39 is 30.4 Å². The summed E-state index contributed by atoms with van der Waals surface area (Å²) in [6, 6.07) is 11.0. The summed E-state index contributed by atoms with van der Waals surface area (Å²) in [5.41, 5.74) is 1.24. The van der Waals surface area contributed by atoms with Gasteiger partial charge >= 0.3 is 11.9 Å². The van der Waals surface area contributed by atoms with E-state index >= 15 is 0 Å². The van der Waals surface area contributed by atoms with Crippen molar-refractivity contribution in [2.45, 2.75) is 26.2 Å². The van der Waals surface area contributed by atoms with Crippen LogP contribution in [0.1, 0.15) is 36.5 Å². The van der Waals surface area contributed by atoms with Gasteiger partial charge in [-0.15, -0.1) is 0 Å². The maximum atomic E-state index is 12.5. The number of hydrogen-bond acceptors (Lipinski definition) is 6.